The van der Waals surface area contributed by atoms with E-state index in [4.69, 9.17) is 4.74 Å². The number of carbonyl (C=O) groups excluding carboxylic acids is 1. The van der Waals surface area contributed by atoms with E-state index in [2.05, 4.69) is 52.7 Å². The van der Waals surface area contributed by atoms with Gasteiger partial charge in [0.25, 0.3) is 5.91 Å². The van der Waals surface area contributed by atoms with Gasteiger partial charge in [-0.2, -0.15) is 0 Å². The first-order valence-corrected chi connectivity index (χ1v) is 10.5. The largest absolute Gasteiger partial charge is 0.378 e. The molecule has 2 heterocycles. The molecule has 2 aliphatic rings. The Hall–Kier alpha value is -2.63. The maximum Gasteiger partial charge on any atom is 0.282 e. The number of nitrogens with one attached hydrogen (secondary N) is 2. The molecule has 5 nitrogen and oxygen atoms in total. The van der Waals surface area contributed by atoms with Gasteiger partial charge < -0.3 is 19.9 Å². The summed E-state index contributed by atoms with van der Waals surface area (Å²) in [7, 11) is 0. The molecule has 1 fully saturated rings. The highest BCUT2D eigenvalue weighted by molar-refractivity contribution is 5.93. The van der Waals surface area contributed by atoms with Gasteiger partial charge in [-0.05, 0) is 48.4 Å². The van der Waals surface area contributed by atoms with Crippen molar-refractivity contribution < 1.29 is 14.4 Å². The number of rotatable bonds is 5. The molecule has 0 saturated carbocycles. The van der Waals surface area contributed by atoms with Crippen molar-refractivity contribution in [3.8, 4) is 0 Å². The predicted molar refractivity (Wildman–Crippen MR) is 117 cm³/mol. The number of carbonyl (C=O) groups is 1. The third-order valence-corrected chi connectivity index (χ3v) is 5.99. The average molecular weight is 393 g/mol. The van der Waals surface area contributed by atoms with Crippen molar-refractivity contribution in [2.45, 2.75) is 19.4 Å². The number of hydrogen-bond acceptors (Lipinski definition) is 3. The second-order valence-electron chi connectivity index (χ2n) is 7.81. The molecule has 152 valence electrons. The second kappa shape index (κ2) is 9.25. The molecule has 29 heavy (non-hydrogen) atoms. The van der Waals surface area contributed by atoms with Crippen molar-refractivity contribution >= 4 is 22.9 Å². The number of amides is 1. The summed E-state index contributed by atoms with van der Waals surface area (Å²) in [6.07, 6.45) is 3.29. The van der Waals surface area contributed by atoms with E-state index < -0.39 is 0 Å². The smallest absolute Gasteiger partial charge is 0.282 e. The Morgan fingerprint density at radius 3 is 2.45 bits per heavy atom. The van der Waals surface area contributed by atoms with Crippen LogP contribution < -0.4 is 15.1 Å². The number of morpholine rings is 1. The summed E-state index contributed by atoms with van der Waals surface area (Å²) in [4.78, 5) is 16.4. The zero-order valence-corrected chi connectivity index (χ0v) is 17.1. The number of quaternary nitrogens is 1. The molecular weight excluding hydrogens is 362 g/mol. The zero-order chi connectivity index (χ0) is 20.1. The molecule has 4 rings (SSSR count). The summed E-state index contributed by atoms with van der Waals surface area (Å²) in [6, 6.07) is 18.6. The van der Waals surface area contributed by atoms with Gasteiger partial charge in [0.2, 0.25) is 0 Å². The maximum absolute atomic E-state index is 12.8. The van der Waals surface area contributed by atoms with Crippen LogP contribution in [0, 0.1) is 0 Å². The topological polar surface area (TPSA) is 46.0 Å². The van der Waals surface area contributed by atoms with Crippen LogP contribution in [0.5, 0.6) is 0 Å². The highest BCUT2D eigenvalue weighted by Crippen LogP contribution is 2.20. The molecule has 1 saturated heterocycles. The molecule has 0 aliphatic carbocycles. The summed E-state index contributed by atoms with van der Waals surface area (Å²) in [5.41, 5.74) is 4.72. The Morgan fingerprint density at radius 1 is 1.07 bits per heavy atom. The first-order valence-electron chi connectivity index (χ1n) is 10.5. The summed E-state index contributed by atoms with van der Waals surface area (Å²) in [5, 5.41) is 3.09. The van der Waals surface area contributed by atoms with Crippen molar-refractivity contribution in [3.63, 3.8) is 0 Å². The molecule has 2 N–H and O–H groups in total. The van der Waals surface area contributed by atoms with Gasteiger partial charge in [0.15, 0.2) is 6.04 Å². The molecule has 1 unspecified atom stereocenters. The lowest BCUT2D eigenvalue weighted by Gasteiger charge is -2.29. The molecule has 2 aliphatic heterocycles. The van der Waals surface area contributed by atoms with Crippen LogP contribution in [-0.4, -0.2) is 51.3 Å². The SMILES string of the molecule is C[C@@H](C(=O)Nc1ccc(N2CCOCC2)cc1)[NH+]1CC=C(c2ccccc2)CC1. The number of nitrogens with zero attached hydrogens (tertiary/aromatic N) is 1. The van der Waals surface area contributed by atoms with Gasteiger partial charge >= 0.3 is 0 Å². The highest BCUT2D eigenvalue weighted by atomic mass is 16.5. The van der Waals surface area contributed by atoms with Gasteiger partial charge in [-0.15, -0.1) is 0 Å². The Bertz CT molecular complexity index is 842. The van der Waals surface area contributed by atoms with E-state index in [9.17, 15) is 4.79 Å². The number of hydrogen-bond donors (Lipinski definition) is 2. The molecule has 2 atom stereocenters. The van der Waals surface area contributed by atoms with Crippen LogP contribution in [0.25, 0.3) is 5.57 Å². The molecule has 2 aromatic rings. The maximum atomic E-state index is 12.8. The molecule has 0 spiro atoms. The highest BCUT2D eigenvalue weighted by Gasteiger charge is 2.27. The molecule has 5 heteroatoms. The van der Waals surface area contributed by atoms with E-state index in [1.807, 2.05) is 25.1 Å². The van der Waals surface area contributed by atoms with Crippen molar-refractivity contribution in [1.82, 2.24) is 0 Å². The van der Waals surface area contributed by atoms with Crippen molar-refractivity contribution in [3.05, 3.63) is 66.2 Å². The van der Waals surface area contributed by atoms with Crippen LogP contribution in [0.1, 0.15) is 18.9 Å². The van der Waals surface area contributed by atoms with E-state index in [0.29, 0.717) is 0 Å². The summed E-state index contributed by atoms with van der Waals surface area (Å²) >= 11 is 0. The Balaban J connectivity index is 1.32. The second-order valence-corrected chi connectivity index (χ2v) is 7.81. The molecular formula is C24H30N3O2+. The van der Waals surface area contributed by atoms with E-state index >= 15 is 0 Å². The van der Waals surface area contributed by atoms with Gasteiger partial charge in [-0.25, -0.2) is 0 Å². The van der Waals surface area contributed by atoms with E-state index in [-0.39, 0.29) is 11.9 Å². The minimum absolute atomic E-state index is 0.0793. The Morgan fingerprint density at radius 2 is 1.79 bits per heavy atom. The van der Waals surface area contributed by atoms with Crippen LogP contribution >= 0.6 is 0 Å². The van der Waals surface area contributed by atoms with Gasteiger partial charge in [-0.1, -0.05) is 30.3 Å². The third-order valence-electron chi connectivity index (χ3n) is 5.99. The van der Waals surface area contributed by atoms with Crippen LogP contribution in [0.2, 0.25) is 0 Å². The average Bonchev–Trinajstić information content (AvgIpc) is 2.80. The number of anilines is 2. The minimum Gasteiger partial charge on any atom is -0.378 e. The third kappa shape index (κ3) is 4.86. The monoisotopic (exact) mass is 392 g/mol. The minimum atomic E-state index is -0.0810. The number of ether oxygens (including phenoxy) is 1. The van der Waals surface area contributed by atoms with Gasteiger partial charge in [0, 0.05) is 30.9 Å². The molecule has 2 aromatic carbocycles. The lowest BCUT2D eigenvalue weighted by molar-refractivity contribution is -0.909. The fraction of sp³-hybridized carbons (Fsp3) is 0.375. The van der Waals surface area contributed by atoms with Crippen molar-refractivity contribution in [2.75, 3.05) is 49.6 Å². The Kier molecular flexibility index (Phi) is 6.27. The summed E-state index contributed by atoms with van der Waals surface area (Å²) in [5.74, 6) is 0.0793. The van der Waals surface area contributed by atoms with E-state index in [1.54, 1.807) is 0 Å². The van der Waals surface area contributed by atoms with Gasteiger partial charge in [0.1, 0.15) is 0 Å². The van der Waals surface area contributed by atoms with Crippen LogP contribution in [0.3, 0.4) is 0 Å². The lowest BCUT2D eigenvalue weighted by atomic mass is 9.99. The molecule has 0 bridgehead atoms. The van der Waals surface area contributed by atoms with Crippen molar-refractivity contribution in [2.24, 2.45) is 0 Å². The first kappa shape index (κ1) is 19.7. The predicted octanol–water partition coefficient (Wildman–Crippen LogP) is 2.22. The molecule has 1 amide bonds. The van der Waals surface area contributed by atoms with E-state index in [1.165, 1.54) is 21.7 Å². The molecule has 0 aromatic heterocycles. The molecule has 0 radical (unpaired) electrons. The number of benzene rings is 2. The van der Waals surface area contributed by atoms with Crippen LogP contribution in [0.4, 0.5) is 11.4 Å². The fourth-order valence-electron chi connectivity index (χ4n) is 4.07. The van der Waals surface area contributed by atoms with Crippen molar-refractivity contribution in [1.29, 1.82) is 0 Å². The Labute approximate surface area is 173 Å². The van der Waals surface area contributed by atoms with E-state index in [0.717, 1.165) is 51.5 Å². The van der Waals surface area contributed by atoms with Crippen LogP contribution in [-0.2, 0) is 9.53 Å². The summed E-state index contributed by atoms with van der Waals surface area (Å²) in [6.45, 7) is 7.26. The van der Waals surface area contributed by atoms with Gasteiger partial charge in [-0.3, -0.25) is 4.79 Å². The van der Waals surface area contributed by atoms with Gasteiger partial charge in [0.05, 0.1) is 26.3 Å². The standard InChI is InChI=1S/C24H29N3O2/c1-19(26-13-11-21(12-14-26)20-5-3-2-4-6-20)24(28)25-22-7-9-23(10-8-22)27-15-17-29-18-16-27/h2-11,19H,12-18H2,1H3,(H,25,28)/p+1/t19-/m0/s1. The lowest BCUT2D eigenvalue weighted by Crippen LogP contribution is -3.17. The first-order chi connectivity index (χ1) is 14.2. The normalized spacial score (nSPS) is 20.7. The summed E-state index contributed by atoms with van der Waals surface area (Å²) < 4.78 is 5.41. The quantitative estimate of drug-likeness (QED) is 0.820. The van der Waals surface area contributed by atoms with Crippen LogP contribution in [0.15, 0.2) is 60.7 Å². The fourth-order valence-corrected chi connectivity index (χ4v) is 4.07. The zero-order valence-electron chi connectivity index (χ0n) is 17.1.